The van der Waals surface area contributed by atoms with Gasteiger partial charge in [0.25, 0.3) is 5.91 Å². The van der Waals surface area contributed by atoms with E-state index in [-0.39, 0.29) is 11.5 Å². The molecule has 176 valence electrons. The Morgan fingerprint density at radius 1 is 1.21 bits per heavy atom. The number of rotatable bonds is 5. The number of para-hydroxylation sites is 1. The van der Waals surface area contributed by atoms with Gasteiger partial charge in [-0.1, -0.05) is 40.2 Å². The Bertz CT molecular complexity index is 1050. The van der Waals surface area contributed by atoms with E-state index < -0.39 is 0 Å². The Morgan fingerprint density at radius 3 is 2.79 bits per heavy atom. The Morgan fingerprint density at radius 2 is 2.00 bits per heavy atom. The molecule has 0 unspecified atom stereocenters. The topological polar surface area (TPSA) is 57.4 Å². The number of aryl methyl sites for hydroxylation is 1. The highest BCUT2D eigenvalue weighted by atomic mass is 79.9. The van der Waals surface area contributed by atoms with Crippen molar-refractivity contribution in [2.24, 2.45) is 5.92 Å². The molecule has 4 rings (SSSR count). The maximum Gasteiger partial charge on any atom is 0.267 e. The molecular formula is C27H34BrN3O2. The number of fused-ring (bicyclic) bond motifs is 1. The summed E-state index contributed by atoms with van der Waals surface area (Å²) in [6.45, 7) is 10.0. The molecule has 6 heteroatoms. The van der Waals surface area contributed by atoms with Gasteiger partial charge in [-0.2, -0.15) is 0 Å². The van der Waals surface area contributed by atoms with Gasteiger partial charge in [0.05, 0.1) is 0 Å². The van der Waals surface area contributed by atoms with Crippen molar-refractivity contribution in [3.63, 3.8) is 0 Å². The molecule has 3 heterocycles. The number of nitrogens with one attached hydrogen (secondary N) is 2. The number of hydrogen-bond acceptors (Lipinski definition) is 3. The number of nitrogens with zero attached hydrogens (tertiary/aromatic N) is 1. The second kappa shape index (κ2) is 10.3. The average molecular weight is 512 g/mol. The number of aromatic nitrogens is 1. The zero-order valence-corrected chi connectivity index (χ0v) is 21.4. The van der Waals surface area contributed by atoms with Crippen LogP contribution in [0.1, 0.15) is 53.9 Å². The number of amides is 1. The highest BCUT2D eigenvalue weighted by molar-refractivity contribution is 9.10. The number of hydrogen-bond donors (Lipinski definition) is 2. The molecule has 0 atom stereocenters. The third kappa shape index (κ3) is 6.39. The third-order valence-corrected chi connectivity index (χ3v) is 6.96. The normalized spacial score (nSPS) is 17.7. The van der Waals surface area contributed by atoms with Gasteiger partial charge in [-0.3, -0.25) is 9.69 Å². The van der Waals surface area contributed by atoms with Crippen LogP contribution in [0, 0.1) is 12.8 Å². The predicted molar refractivity (Wildman–Crippen MR) is 136 cm³/mol. The van der Waals surface area contributed by atoms with Crippen molar-refractivity contribution in [2.45, 2.75) is 52.2 Å². The number of carbonyl (C=O) groups excluding carboxylic acids is 1. The first-order valence-electron chi connectivity index (χ1n) is 11.8. The summed E-state index contributed by atoms with van der Waals surface area (Å²) in [5.74, 6) is 1.53. The van der Waals surface area contributed by atoms with Crippen LogP contribution in [-0.4, -0.2) is 41.0 Å². The number of H-pyrrole nitrogens is 1. The second-order valence-electron chi connectivity index (χ2n) is 9.87. The number of piperidine rings is 1. The Kier molecular flexibility index (Phi) is 7.45. The van der Waals surface area contributed by atoms with Gasteiger partial charge < -0.3 is 15.0 Å². The standard InChI is InChI=1S/C27H34BrN3O2/c1-19-7-8-23(28)9-12-29-24(15-19)26(32)30-17-20-10-13-31(14-11-20)18-22-6-4-5-21-16-27(2,3)33-25(21)22/h4-9,12,15,20,29H,10-11,13-14,16-18H2,1-3H3,(H,30,32). The monoisotopic (exact) mass is 511 g/mol. The minimum Gasteiger partial charge on any atom is -0.487 e. The van der Waals surface area contributed by atoms with E-state index >= 15 is 0 Å². The number of ether oxygens (including phenoxy) is 1. The Labute approximate surface area is 205 Å². The van der Waals surface area contributed by atoms with Crippen molar-refractivity contribution in [2.75, 3.05) is 19.6 Å². The summed E-state index contributed by atoms with van der Waals surface area (Å²) in [4.78, 5) is 18.4. The SMILES string of the molecule is Cc1ccc(Br)cc[nH]c(C(=O)NCC2CCN(Cc3cccc4c3OC(C)(C)C4)CC2)c1. The maximum atomic E-state index is 12.8. The van der Waals surface area contributed by atoms with Gasteiger partial charge >= 0.3 is 0 Å². The van der Waals surface area contributed by atoms with E-state index in [1.165, 1.54) is 11.1 Å². The van der Waals surface area contributed by atoms with Gasteiger partial charge in [0.2, 0.25) is 0 Å². The smallest absolute Gasteiger partial charge is 0.267 e. The fraction of sp³-hybridized carbons (Fsp3) is 0.444. The predicted octanol–water partition coefficient (Wildman–Crippen LogP) is 5.57. The molecule has 0 saturated carbocycles. The molecule has 1 aromatic heterocycles. The summed E-state index contributed by atoms with van der Waals surface area (Å²) in [6, 6.07) is 14.3. The fourth-order valence-electron chi connectivity index (χ4n) is 4.65. The van der Waals surface area contributed by atoms with Crippen molar-refractivity contribution in [1.29, 1.82) is 0 Å². The molecule has 0 bridgehead atoms. The lowest BCUT2D eigenvalue weighted by Gasteiger charge is -2.32. The summed E-state index contributed by atoms with van der Waals surface area (Å²) in [7, 11) is 0. The molecule has 33 heavy (non-hydrogen) atoms. The summed E-state index contributed by atoms with van der Waals surface area (Å²) in [5, 5.41) is 3.13. The molecule has 2 aromatic rings. The van der Waals surface area contributed by atoms with Gasteiger partial charge in [0.15, 0.2) is 0 Å². The van der Waals surface area contributed by atoms with Crippen molar-refractivity contribution >= 4 is 21.8 Å². The summed E-state index contributed by atoms with van der Waals surface area (Å²) >= 11 is 3.48. The first kappa shape index (κ1) is 23.8. The van der Waals surface area contributed by atoms with Crippen LogP contribution in [0.5, 0.6) is 5.75 Å². The number of carbonyl (C=O) groups is 1. The van der Waals surface area contributed by atoms with Crippen LogP contribution in [0.3, 0.4) is 0 Å². The molecule has 2 N–H and O–H groups in total. The maximum absolute atomic E-state index is 12.8. The van der Waals surface area contributed by atoms with E-state index in [0.29, 0.717) is 18.2 Å². The lowest BCUT2D eigenvalue weighted by molar-refractivity contribution is 0.0929. The molecule has 2 aliphatic heterocycles. The average Bonchev–Trinajstić information content (AvgIpc) is 3.14. The molecule has 1 amide bonds. The van der Waals surface area contributed by atoms with Crippen molar-refractivity contribution in [1.82, 2.24) is 15.2 Å². The number of benzene rings is 1. The zero-order chi connectivity index (χ0) is 23.4. The molecule has 1 fully saturated rings. The molecule has 5 nitrogen and oxygen atoms in total. The van der Waals surface area contributed by atoms with Gasteiger partial charge in [-0.05, 0) is 81.9 Å². The molecule has 0 aliphatic carbocycles. The van der Waals surface area contributed by atoms with Crippen LogP contribution in [0.25, 0.3) is 0 Å². The summed E-state index contributed by atoms with van der Waals surface area (Å²) in [5.41, 5.74) is 4.09. The minimum absolute atomic E-state index is 0.0625. The van der Waals surface area contributed by atoms with Crippen LogP contribution in [-0.2, 0) is 13.0 Å². The van der Waals surface area contributed by atoms with Crippen LogP contribution in [0.15, 0.2) is 53.1 Å². The molecule has 0 spiro atoms. The van der Waals surface area contributed by atoms with Crippen molar-refractivity contribution in [3.8, 4) is 5.75 Å². The number of halogens is 1. The fourth-order valence-corrected chi connectivity index (χ4v) is 4.92. The van der Waals surface area contributed by atoms with Gasteiger partial charge in [-0.15, -0.1) is 0 Å². The molecule has 1 aromatic carbocycles. The molecular weight excluding hydrogens is 478 g/mol. The lowest BCUT2D eigenvalue weighted by atomic mass is 9.96. The molecule has 2 aliphatic rings. The highest BCUT2D eigenvalue weighted by Crippen LogP contribution is 2.38. The van der Waals surface area contributed by atoms with Crippen LogP contribution < -0.4 is 10.1 Å². The number of aromatic amines is 1. The van der Waals surface area contributed by atoms with Crippen molar-refractivity contribution < 1.29 is 9.53 Å². The van der Waals surface area contributed by atoms with Crippen molar-refractivity contribution in [3.05, 3.63) is 75.5 Å². The van der Waals surface area contributed by atoms with E-state index in [1.807, 2.05) is 31.2 Å². The van der Waals surface area contributed by atoms with E-state index in [1.54, 1.807) is 6.20 Å². The van der Waals surface area contributed by atoms with Crippen LogP contribution in [0.4, 0.5) is 0 Å². The van der Waals surface area contributed by atoms with Gasteiger partial charge in [0.1, 0.15) is 17.0 Å². The largest absolute Gasteiger partial charge is 0.487 e. The zero-order valence-electron chi connectivity index (χ0n) is 19.8. The molecule has 1 saturated heterocycles. The summed E-state index contributed by atoms with van der Waals surface area (Å²) in [6.07, 6.45) is 4.93. The van der Waals surface area contributed by atoms with Gasteiger partial charge in [-0.25, -0.2) is 0 Å². The van der Waals surface area contributed by atoms with E-state index in [0.717, 1.165) is 54.7 Å². The second-order valence-corrected chi connectivity index (χ2v) is 10.8. The quantitative estimate of drug-likeness (QED) is 0.551. The Hall–Kier alpha value is -2.31. The highest BCUT2D eigenvalue weighted by Gasteiger charge is 2.32. The van der Waals surface area contributed by atoms with E-state index in [4.69, 9.17) is 4.74 Å². The first-order chi connectivity index (χ1) is 15.8. The molecule has 0 radical (unpaired) electrons. The van der Waals surface area contributed by atoms with Crippen LogP contribution >= 0.6 is 15.9 Å². The Balaban J connectivity index is 1.29. The minimum atomic E-state index is -0.110. The van der Waals surface area contributed by atoms with E-state index in [2.05, 4.69) is 63.2 Å². The third-order valence-electron chi connectivity index (χ3n) is 6.43. The van der Waals surface area contributed by atoms with Gasteiger partial charge in [0, 0.05) is 35.7 Å². The van der Waals surface area contributed by atoms with E-state index in [9.17, 15) is 4.79 Å². The first-order valence-corrected chi connectivity index (χ1v) is 12.6. The van der Waals surface area contributed by atoms with Crippen LogP contribution in [0.2, 0.25) is 0 Å². The number of likely N-dealkylation sites (tertiary alicyclic amines) is 1. The summed E-state index contributed by atoms with van der Waals surface area (Å²) < 4.78 is 7.20. The lowest BCUT2D eigenvalue weighted by Crippen LogP contribution is -2.38.